The van der Waals surface area contributed by atoms with Crippen molar-refractivity contribution in [2.24, 2.45) is 0 Å². The molecule has 0 atom stereocenters. The fourth-order valence-electron chi connectivity index (χ4n) is 0.690. The monoisotopic (exact) mass is 261 g/mol. The van der Waals surface area contributed by atoms with Crippen molar-refractivity contribution in [1.29, 1.82) is 0 Å². The second-order valence-electron chi connectivity index (χ2n) is 2.06. The summed E-state index contributed by atoms with van der Waals surface area (Å²) >= 11 is 2.14. The maximum Gasteiger partial charge on any atom is 0.152 e. The summed E-state index contributed by atoms with van der Waals surface area (Å²) in [4.78, 5) is 0. The van der Waals surface area contributed by atoms with Gasteiger partial charge in [-0.2, -0.15) is 0 Å². The molecule has 1 rings (SSSR count). The van der Waals surface area contributed by atoms with Gasteiger partial charge in [-0.1, -0.05) is 0 Å². The first-order chi connectivity index (χ1) is 4.10. The van der Waals surface area contributed by atoms with Gasteiger partial charge in [0.05, 0.1) is 11.5 Å². The van der Waals surface area contributed by atoms with Crippen molar-refractivity contribution in [2.45, 2.75) is 0 Å². The van der Waals surface area contributed by atoms with Crippen LogP contribution in [0, 0.1) is 0 Å². The molecule has 54 valence electrons. The molecular weight excluding hydrogens is 253 g/mol. The molecule has 0 unspecified atom stereocenters. The Morgan fingerprint density at radius 2 is 1.67 bits per heavy atom. The SMILES string of the molecule is O=S1(=O)CCN(I)CC1. The van der Waals surface area contributed by atoms with Gasteiger partial charge < -0.3 is 0 Å². The first-order valence-corrected chi connectivity index (χ1v) is 5.50. The second-order valence-corrected chi connectivity index (χ2v) is 5.73. The van der Waals surface area contributed by atoms with Gasteiger partial charge in [0.1, 0.15) is 0 Å². The van der Waals surface area contributed by atoms with Gasteiger partial charge in [-0.05, 0) is 0 Å². The third kappa shape index (κ3) is 2.38. The lowest BCUT2D eigenvalue weighted by Gasteiger charge is -2.19. The van der Waals surface area contributed by atoms with Crippen LogP contribution in [-0.4, -0.2) is 36.1 Å². The van der Waals surface area contributed by atoms with Crippen LogP contribution in [0.3, 0.4) is 0 Å². The van der Waals surface area contributed by atoms with E-state index in [1.165, 1.54) is 0 Å². The summed E-state index contributed by atoms with van der Waals surface area (Å²) in [7, 11) is -2.66. The molecule has 0 amide bonds. The molecule has 0 aliphatic carbocycles. The summed E-state index contributed by atoms with van der Waals surface area (Å²) in [6.07, 6.45) is 0. The zero-order valence-electron chi connectivity index (χ0n) is 4.88. The maximum atomic E-state index is 10.8. The Bertz CT molecular complexity index is 175. The van der Waals surface area contributed by atoms with E-state index in [4.69, 9.17) is 0 Å². The van der Waals surface area contributed by atoms with Crippen molar-refractivity contribution < 1.29 is 8.42 Å². The molecule has 0 N–H and O–H groups in total. The number of nitrogens with zero attached hydrogens (tertiary/aromatic N) is 1. The molecule has 0 spiro atoms. The second kappa shape index (κ2) is 2.71. The van der Waals surface area contributed by atoms with Gasteiger partial charge in [0.25, 0.3) is 0 Å². The predicted molar refractivity (Wildman–Crippen MR) is 44.2 cm³/mol. The molecule has 0 bridgehead atoms. The van der Waals surface area contributed by atoms with E-state index in [0.29, 0.717) is 24.6 Å². The minimum atomic E-state index is -2.66. The van der Waals surface area contributed by atoms with E-state index in [1.807, 2.05) is 3.11 Å². The van der Waals surface area contributed by atoms with Crippen molar-refractivity contribution in [2.75, 3.05) is 24.6 Å². The number of sulfone groups is 1. The van der Waals surface area contributed by atoms with Gasteiger partial charge in [-0.15, -0.1) is 0 Å². The first kappa shape index (κ1) is 7.74. The van der Waals surface area contributed by atoms with Gasteiger partial charge in [0.2, 0.25) is 0 Å². The molecule has 0 radical (unpaired) electrons. The molecule has 0 aromatic heterocycles. The van der Waals surface area contributed by atoms with E-state index in [9.17, 15) is 8.42 Å². The van der Waals surface area contributed by atoms with Crippen LogP contribution in [0.15, 0.2) is 0 Å². The Balaban J connectivity index is 2.55. The van der Waals surface area contributed by atoms with Gasteiger partial charge in [0.15, 0.2) is 9.84 Å². The highest BCUT2D eigenvalue weighted by Crippen LogP contribution is 2.07. The molecule has 0 saturated carbocycles. The standard InChI is InChI=1S/C4H8INO2S/c5-6-1-3-9(7,8)4-2-6/h1-4H2. The summed E-state index contributed by atoms with van der Waals surface area (Å²) in [5.41, 5.74) is 0. The normalized spacial score (nSPS) is 28.1. The summed E-state index contributed by atoms with van der Waals surface area (Å²) in [5.74, 6) is 0.659. The van der Waals surface area contributed by atoms with Gasteiger partial charge in [0, 0.05) is 36.0 Å². The van der Waals surface area contributed by atoms with Crippen LogP contribution in [-0.2, 0) is 9.84 Å². The number of hydrogen-bond acceptors (Lipinski definition) is 3. The Hall–Kier alpha value is 0.640. The Morgan fingerprint density at radius 1 is 1.22 bits per heavy atom. The van der Waals surface area contributed by atoms with Crippen LogP contribution in [0.25, 0.3) is 0 Å². The van der Waals surface area contributed by atoms with Crippen LogP contribution >= 0.6 is 22.9 Å². The van der Waals surface area contributed by atoms with Crippen molar-refractivity contribution in [3.63, 3.8) is 0 Å². The lowest BCUT2D eigenvalue weighted by atomic mass is 10.6. The highest BCUT2D eigenvalue weighted by molar-refractivity contribution is 14.1. The molecular formula is C4H8INO2S. The fourth-order valence-corrected chi connectivity index (χ4v) is 3.03. The predicted octanol–water partition coefficient (Wildman–Crippen LogP) is 0.0668. The van der Waals surface area contributed by atoms with E-state index in [1.54, 1.807) is 0 Å². The first-order valence-electron chi connectivity index (χ1n) is 2.71. The quantitative estimate of drug-likeness (QED) is 0.457. The van der Waals surface area contributed by atoms with Crippen molar-refractivity contribution >= 4 is 32.7 Å². The number of hydrogen-bond donors (Lipinski definition) is 0. The minimum Gasteiger partial charge on any atom is -0.246 e. The Kier molecular flexibility index (Phi) is 2.33. The minimum absolute atomic E-state index is 0.329. The van der Waals surface area contributed by atoms with Crippen molar-refractivity contribution in [3.8, 4) is 0 Å². The fraction of sp³-hybridized carbons (Fsp3) is 1.00. The average molecular weight is 261 g/mol. The van der Waals surface area contributed by atoms with Crippen LogP contribution in [0.4, 0.5) is 0 Å². The third-order valence-corrected chi connectivity index (χ3v) is 3.86. The lowest BCUT2D eigenvalue weighted by Crippen LogP contribution is -2.33. The topological polar surface area (TPSA) is 37.4 Å². The molecule has 1 saturated heterocycles. The molecule has 0 aromatic carbocycles. The highest BCUT2D eigenvalue weighted by Gasteiger charge is 2.19. The van der Waals surface area contributed by atoms with Gasteiger partial charge >= 0.3 is 0 Å². The molecule has 1 fully saturated rings. The molecule has 1 aliphatic rings. The van der Waals surface area contributed by atoms with Crippen molar-refractivity contribution in [1.82, 2.24) is 3.11 Å². The summed E-state index contributed by atoms with van der Waals surface area (Å²) in [5, 5.41) is 0. The van der Waals surface area contributed by atoms with E-state index in [0.717, 1.165) is 0 Å². The molecule has 3 nitrogen and oxygen atoms in total. The lowest BCUT2D eigenvalue weighted by molar-refractivity contribution is 0.518. The molecule has 0 aromatic rings. The highest BCUT2D eigenvalue weighted by atomic mass is 127. The van der Waals surface area contributed by atoms with Crippen LogP contribution in [0.5, 0.6) is 0 Å². The van der Waals surface area contributed by atoms with E-state index < -0.39 is 9.84 Å². The average Bonchev–Trinajstić information content (AvgIpc) is 1.78. The Morgan fingerprint density at radius 3 is 2.00 bits per heavy atom. The maximum absolute atomic E-state index is 10.8. The molecule has 9 heavy (non-hydrogen) atoms. The molecule has 5 heteroatoms. The van der Waals surface area contributed by atoms with E-state index >= 15 is 0 Å². The smallest absolute Gasteiger partial charge is 0.152 e. The van der Waals surface area contributed by atoms with Crippen LogP contribution in [0.1, 0.15) is 0 Å². The van der Waals surface area contributed by atoms with Crippen molar-refractivity contribution in [3.05, 3.63) is 0 Å². The van der Waals surface area contributed by atoms with E-state index in [-0.39, 0.29) is 0 Å². The molecule has 1 aliphatic heterocycles. The van der Waals surface area contributed by atoms with Crippen LogP contribution in [0.2, 0.25) is 0 Å². The van der Waals surface area contributed by atoms with E-state index in [2.05, 4.69) is 22.9 Å². The summed E-state index contributed by atoms with van der Waals surface area (Å²) in [6, 6.07) is 0. The van der Waals surface area contributed by atoms with Gasteiger partial charge in [-0.25, -0.2) is 11.5 Å². The number of halogens is 1. The zero-order chi connectivity index (χ0) is 6.91. The Labute approximate surface area is 68.8 Å². The zero-order valence-corrected chi connectivity index (χ0v) is 7.85. The largest absolute Gasteiger partial charge is 0.246 e. The van der Waals surface area contributed by atoms with Gasteiger partial charge in [-0.3, -0.25) is 0 Å². The summed E-state index contributed by atoms with van der Waals surface area (Å²) < 4.78 is 23.5. The third-order valence-electron chi connectivity index (χ3n) is 1.29. The molecule has 1 heterocycles. The number of rotatable bonds is 0. The summed E-state index contributed by atoms with van der Waals surface area (Å²) in [6.45, 7) is 1.37. The van der Waals surface area contributed by atoms with Crippen LogP contribution < -0.4 is 0 Å².